The predicted octanol–water partition coefficient (Wildman–Crippen LogP) is 4.81. The van der Waals surface area contributed by atoms with Crippen LogP contribution in [0.2, 0.25) is 0 Å². The highest BCUT2D eigenvalue weighted by Gasteiger charge is 2.24. The first-order chi connectivity index (χ1) is 15.1. The summed E-state index contributed by atoms with van der Waals surface area (Å²) >= 11 is 0. The molecule has 6 nitrogen and oxygen atoms in total. The van der Waals surface area contributed by atoms with Gasteiger partial charge in [0.2, 0.25) is 5.91 Å². The number of hydrogen-bond acceptors (Lipinski definition) is 3. The van der Waals surface area contributed by atoms with Gasteiger partial charge in [0, 0.05) is 29.2 Å². The first kappa shape index (κ1) is 20.2. The third kappa shape index (κ3) is 4.93. The van der Waals surface area contributed by atoms with Gasteiger partial charge in [-0.3, -0.25) is 4.79 Å². The zero-order chi connectivity index (χ0) is 21.6. The SMILES string of the molecule is Cc1ccccc1NC(=O)[C@@H](Cc1c[nH]c2ccccc12)NC(=O)Oc1ccccc1. The molecule has 1 heterocycles. The third-order valence-electron chi connectivity index (χ3n) is 5.06. The number of aromatic nitrogens is 1. The molecular formula is C25H23N3O3. The molecule has 4 aromatic rings. The van der Waals surface area contributed by atoms with Crippen molar-refractivity contribution in [2.45, 2.75) is 19.4 Å². The molecule has 0 radical (unpaired) electrons. The van der Waals surface area contributed by atoms with E-state index in [-0.39, 0.29) is 5.91 Å². The van der Waals surface area contributed by atoms with Gasteiger partial charge >= 0.3 is 6.09 Å². The number of carbonyl (C=O) groups excluding carboxylic acids is 2. The van der Waals surface area contributed by atoms with Crippen LogP contribution >= 0.6 is 0 Å². The fourth-order valence-electron chi connectivity index (χ4n) is 3.43. The number of nitrogens with one attached hydrogen (secondary N) is 3. The third-order valence-corrected chi connectivity index (χ3v) is 5.06. The molecule has 156 valence electrons. The van der Waals surface area contributed by atoms with Crippen molar-refractivity contribution < 1.29 is 14.3 Å². The minimum absolute atomic E-state index is 0.311. The van der Waals surface area contributed by atoms with Crippen LogP contribution in [0.1, 0.15) is 11.1 Å². The number of para-hydroxylation sites is 3. The normalized spacial score (nSPS) is 11.6. The molecule has 0 fully saturated rings. The zero-order valence-electron chi connectivity index (χ0n) is 17.1. The largest absolute Gasteiger partial charge is 0.413 e. The quantitative estimate of drug-likeness (QED) is 0.424. The van der Waals surface area contributed by atoms with E-state index in [9.17, 15) is 9.59 Å². The Balaban J connectivity index is 1.55. The van der Waals surface area contributed by atoms with Crippen molar-refractivity contribution in [2.75, 3.05) is 5.32 Å². The maximum Gasteiger partial charge on any atom is 0.413 e. The zero-order valence-corrected chi connectivity index (χ0v) is 17.1. The van der Waals surface area contributed by atoms with Crippen molar-refractivity contribution in [1.82, 2.24) is 10.3 Å². The smallest absolute Gasteiger partial charge is 0.410 e. The highest BCUT2D eigenvalue weighted by atomic mass is 16.6. The van der Waals surface area contributed by atoms with Gasteiger partial charge in [0.15, 0.2) is 0 Å². The highest BCUT2D eigenvalue weighted by Crippen LogP contribution is 2.20. The molecule has 0 saturated heterocycles. The Kier molecular flexibility index (Phi) is 5.98. The molecule has 2 amide bonds. The van der Waals surface area contributed by atoms with Crippen LogP contribution in [0.3, 0.4) is 0 Å². The summed E-state index contributed by atoms with van der Waals surface area (Å²) in [5.41, 5.74) is 3.55. The predicted molar refractivity (Wildman–Crippen MR) is 121 cm³/mol. The molecule has 0 aliphatic rings. The second-order valence-electron chi connectivity index (χ2n) is 7.27. The molecular weight excluding hydrogens is 390 g/mol. The Morgan fingerprint density at radius 1 is 0.935 bits per heavy atom. The number of fused-ring (bicyclic) bond motifs is 1. The maximum absolute atomic E-state index is 13.1. The van der Waals surface area contributed by atoms with Crippen LogP contribution in [0.15, 0.2) is 85.1 Å². The van der Waals surface area contributed by atoms with Gasteiger partial charge in [0.05, 0.1) is 0 Å². The summed E-state index contributed by atoms with van der Waals surface area (Å²) < 4.78 is 5.34. The summed E-state index contributed by atoms with van der Waals surface area (Å²) in [5, 5.41) is 6.65. The molecule has 0 spiro atoms. The Labute approximate surface area is 180 Å². The number of hydrogen-bond donors (Lipinski definition) is 3. The second kappa shape index (κ2) is 9.17. The molecule has 0 bridgehead atoms. The van der Waals surface area contributed by atoms with E-state index in [1.165, 1.54) is 0 Å². The Morgan fingerprint density at radius 2 is 1.65 bits per heavy atom. The summed E-state index contributed by atoms with van der Waals surface area (Å²) in [5.74, 6) is 0.0924. The fraction of sp³-hybridized carbons (Fsp3) is 0.120. The highest BCUT2D eigenvalue weighted by molar-refractivity contribution is 5.98. The van der Waals surface area contributed by atoms with Crippen LogP contribution in [-0.4, -0.2) is 23.0 Å². The van der Waals surface area contributed by atoms with E-state index in [4.69, 9.17) is 4.74 Å². The summed E-state index contributed by atoms with van der Waals surface area (Å²) in [7, 11) is 0. The summed E-state index contributed by atoms with van der Waals surface area (Å²) in [6.45, 7) is 1.92. The molecule has 4 rings (SSSR count). The molecule has 31 heavy (non-hydrogen) atoms. The van der Waals surface area contributed by atoms with Crippen molar-refractivity contribution in [3.63, 3.8) is 0 Å². The van der Waals surface area contributed by atoms with E-state index in [1.807, 2.05) is 67.7 Å². The Hall–Kier alpha value is -4.06. The number of aryl methyl sites for hydroxylation is 1. The fourth-order valence-corrected chi connectivity index (χ4v) is 3.43. The van der Waals surface area contributed by atoms with E-state index < -0.39 is 12.1 Å². The lowest BCUT2D eigenvalue weighted by Gasteiger charge is -2.19. The molecule has 0 saturated carbocycles. The minimum Gasteiger partial charge on any atom is -0.410 e. The lowest BCUT2D eigenvalue weighted by Crippen LogP contribution is -2.46. The monoisotopic (exact) mass is 413 g/mol. The van der Waals surface area contributed by atoms with Gasteiger partial charge in [0.1, 0.15) is 11.8 Å². The van der Waals surface area contributed by atoms with Crippen molar-refractivity contribution in [1.29, 1.82) is 0 Å². The molecule has 1 aromatic heterocycles. The molecule has 6 heteroatoms. The topological polar surface area (TPSA) is 83.2 Å². The maximum atomic E-state index is 13.1. The average Bonchev–Trinajstić information content (AvgIpc) is 3.18. The molecule has 0 unspecified atom stereocenters. The number of anilines is 1. The van der Waals surface area contributed by atoms with E-state index in [0.717, 1.165) is 22.0 Å². The van der Waals surface area contributed by atoms with Gasteiger partial charge in [-0.05, 0) is 42.3 Å². The summed E-state index contributed by atoms with van der Waals surface area (Å²) in [6.07, 6.45) is 1.49. The minimum atomic E-state index is -0.824. The first-order valence-corrected chi connectivity index (χ1v) is 10.0. The van der Waals surface area contributed by atoms with Crippen LogP contribution in [0.25, 0.3) is 10.9 Å². The van der Waals surface area contributed by atoms with E-state index in [1.54, 1.807) is 24.3 Å². The lowest BCUT2D eigenvalue weighted by molar-refractivity contribution is -0.118. The molecule has 0 aliphatic heterocycles. The van der Waals surface area contributed by atoms with Gasteiger partial charge in [-0.25, -0.2) is 4.79 Å². The van der Waals surface area contributed by atoms with Crippen LogP contribution < -0.4 is 15.4 Å². The Morgan fingerprint density at radius 3 is 2.45 bits per heavy atom. The number of rotatable bonds is 6. The molecule has 1 atom stereocenters. The first-order valence-electron chi connectivity index (χ1n) is 10.0. The van der Waals surface area contributed by atoms with Crippen LogP contribution in [0.5, 0.6) is 5.75 Å². The number of benzene rings is 3. The number of carbonyl (C=O) groups is 2. The van der Waals surface area contributed by atoms with Gasteiger partial charge < -0.3 is 20.4 Å². The number of H-pyrrole nitrogens is 1. The van der Waals surface area contributed by atoms with E-state index >= 15 is 0 Å². The molecule has 3 N–H and O–H groups in total. The number of ether oxygens (including phenoxy) is 1. The van der Waals surface area contributed by atoms with Crippen LogP contribution in [0.4, 0.5) is 10.5 Å². The van der Waals surface area contributed by atoms with E-state index in [2.05, 4.69) is 15.6 Å². The number of aromatic amines is 1. The molecule has 3 aromatic carbocycles. The van der Waals surface area contributed by atoms with Gasteiger partial charge in [-0.2, -0.15) is 0 Å². The van der Waals surface area contributed by atoms with Crippen molar-refractivity contribution in [3.8, 4) is 5.75 Å². The van der Waals surface area contributed by atoms with Crippen molar-refractivity contribution in [3.05, 3.63) is 96.2 Å². The summed E-state index contributed by atoms with van der Waals surface area (Å²) in [4.78, 5) is 28.8. The van der Waals surface area contributed by atoms with Gasteiger partial charge in [-0.15, -0.1) is 0 Å². The van der Waals surface area contributed by atoms with Crippen molar-refractivity contribution >= 4 is 28.6 Å². The van der Waals surface area contributed by atoms with E-state index in [0.29, 0.717) is 17.9 Å². The Bertz CT molecular complexity index is 1200. The number of amides is 2. The van der Waals surface area contributed by atoms with Crippen LogP contribution in [-0.2, 0) is 11.2 Å². The standard InChI is InChI=1S/C25H23N3O3/c1-17-9-5-7-13-21(17)27-24(29)23(28-25(30)31-19-10-3-2-4-11-19)15-18-16-26-22-14-8-6-12-20(18)22/h2-14,16,23,26H,15H2,1H3,(H,27,29)(H,28,30)/t23-/m1/s1. The average molecular weight is 413 g/mol. The van der Waals surface area contributed by atoms with Crippen molar-refractivity contribution in [2.24, 2.45) is 0 Å². The summed E-state index contributed by atoms with van der Waals surface area (Å²) in [6, 6.07) is 23.3. The van der Waals surface area contributed by atoms with Gasteiger partial charge in [0.25, 0.3) is 0 Å². The lowest BCUT2D eigenvalue weighted by atomic mass is 10.0. The van der Waals surface area contributed by atoms with Crippen LogP contribution in [0, 0.1) is 6.92 Å². The molecule has 0 aliphatic carbocycles. The van der Waals surface area contributed by atoms with Gasteiger partial charge in [-0.1, -0.05) is 54.6 Å². The second-order valence-corrected chi connectivity index (χ2v) is 7.27.